The minimum Gasteiger partial charge on any atom is -0.339 e. The molecule has 0 bridgehead atoms. The Hall–Kier alpha value is -3.70. The zero-order valence-electron chi connectivity index (χ0n) is 22.8. The van der Waals surface area contributed by atoms with E-state index in [0.29, 0.717) is 18.7 Å². The van der Waals surface area contributed by atoms with Crippen LogP contribution in [0, 0.1) is 0 Å². The summed E-state index contributed by atoms with van der Waals surface area (Å²) in [4.78, 5) is 27.9. The molecular weight excluding hydrogens is 470 g/mol. The number of nitrogens with zero attached hydrogens (tertiary/aromatic N) is 1. The third-order valence-electron chi connectivity index (χ3n) is 7.38. The van der Waals surface area contributed by atoms with Crippen molar-refractivity contribution in [2.24, 2.45) is 0 Å². The van der Waals surface area contributed by atoms with E-state index in [2.05, 4.69) is 34.9 Å². The van der Waals surface area contributed by atoms with Crippen LogP contribution in [-0.2, 0) is 4.79 Å². The minimum absolute atomic E-state index is 0.00573. The third kappa shape index (κ3) is 6.40. The third-order valence-corrected chi connectivity index (χ3v) is 7.38. The normalized spacial score (nSPS) is 14.0. The maximum Gasteiger partial charge on any atom is 0.253 e. The molecule has 1 heterocycles. The van der Waals surface area contributed by atoms with Gasteiger partial charge in [0, 0.05) is 24.3 Å². The second kappa shape index (κ2) is 13.2. The Labute approximate surface area is 227 Å². The lowest BCUT2D eigenvalue weighted by atomic mass is 9.88. The summed E-state index contributed by atoms with van der Waals surface area (Å²) in [7, 11) is 0. The van der Waals surface area contributed by atoms with Gasteiger partial charge in [-0.25, -0.2) is 0 Å². The number of piperidine rings is 1. The molecule has 1 fully saturated rings. The van der Waals surface area contributed by atoms with Gasteiger partial charge in [-0.1, -0.05) is 67.1 Å². The van der Waals surface area contributed by atoms with Crippen LogP contribution < -0.4 is 10.6 Å². The van der Waals surface area contributed by atoms with Crippen molar-refractivity contribution >= 4 is 23.1 Å². The summed E-state index contributed by atoms with van der Waals surface area (Å²) in [5, 5.41) is 6.62. The molecule has 38 heavy (non-hydrogen) atoms. The summed E-state index contributed by atoms with van der Waals surface area (Å²) >= 11 is 0. The standard InChI is InChI=1S/C33H39N3O2/c1-4-30(24-11-8-7-9-12-24)32(37)35-29-14-10-13-28(23-29)31(26-19-21-34-22-20-26)25-15-17-27(18-16-25)33(38)36(5-2)6-3/h7-18,23,30,34H,4-6,19-22H2,1-3H3,(H,35,37)/t30-/m1/s1. The molecule has 1 atom stereocenters. The molecule has 1 saturated heterocycles. The second-order valence-corrected chi connectivity index (χ2v) is 9.72. The summed E-state index contributed by atoms with van der Waals surface area (Å²) in [6.07, 6.45) is 2.67. The van der Waals surface area contributed by atoms with E-state index in [1.807, 2.05) is 80.3 Å². The number of rotatable bonds is 9. The van der Waals surface area contributed by atoms with Gasteiger partial charge in [-0.3, -0.25) is 9.59 Å². The second-order valence-electron chi connectivity index (χ2n) is 9.72. The molecule has 0 radical (unpaired) electrons. The average Bonchev–Trinajstić information content (AvgIpc) is 2.96. The molecule has 5 heteroatoms. The molecule has 5 nitrogen and oxygen atoms in total. The van der Waals surface area contributed by atoms with E-state index >= 15 is 0 Å². The van der Waals surface area contributed by atoms with Crippen LogP contribution in [0.3, 0.4) is 0 Å². The van der Waals surface area contributed by atoms with Gasteiger partial charge in [0.25, 0.3) is 5.91 Å². The summed E-state index contributed by atoms with van der Waals surface area (Å²) in [5.41, 5.74) is 7.29. The van der Waals surface area contributed by atoms with Crippen molar-refractivity contribution in [3.8, 4) is 0 Å². The maximum absolute atomic E-state index is 13.2. The van der Waals surface area contributed by atoms with Gasteiger partial charge >= 0.3 is 0 Å². The van der Waals surface area contributed by atoms with E-state index in [1.165, 1.54) is 11.1 Å². The molecule has 0 aromatic heterocycles. The van der Waals surface area contributed by atoms with Crippen molar-refractivity contribution in [3.05, 3.63) is 107 Å². The summed E-state index contributed by atoms with van der Waals surface area (Å²) in [6, 6.07) is 26.1. The van der Waals surface area contributed by atoms with Crippen LogP contribution in [0.1, 0.15) is 73.0 Å². The molecule has 0 aliphatic carbocycles. The van der Waals surface area contributed by atoms with Gasteiger partial charge < -0.3 is 15.5 Å². The van der Waals surface area contributed by atoms with Gasteiger partial charge in [0.05, 0.1) is 5.92 Å². The molecule has 1 aliphatic heterocycles. The molecule has 4 rings (SSSR count). The number of benzene rings is 3. The Bertz CT molecular complexity index is 1250. The molecular formula is C33H39N3O2. The Morgan fingerprint density at radius 3 is 2.11 bits per heavy atom. The van der Waals surface area contributed by atoms with Crippen LogP contribution in [-0.4, -0.2) is 42.9 Å². The van der Waals surface area contributed by atoms with Crippen LogP contribution in [0.2, 0.25) is 0 Å². The van der Waals surface area contributed by atoms with Crippen LogP contribution in [0.5, 0.6) is 0 Å². The van der Waals surface area contributed by atoms with E-state index < -0.39 is 0 Å². The van der Waals surface area contributed by atoms with Gasteiger partial charge in [0.1, 0.15) is 0 Å². The predicted molar refractivity (Wildman–Crippen MR) is 156 cm³/mol. The van der Waals surface area contributed by atoms with Gasteiger partial charge in [-0.05, 0) is 92.7 Å². The highest BCUT2D eigenvalue weighted by atomic mass is 16.2. The number of hydrogen-bond donors (Lipinski definition) is 2. The Balaban J connectivity index is 1.64. The van der Waals surface area contributed by atoms with Crippen molar-refractivity contribution in [3.63, 3.8) is 0 Å². The first kappa shape index (κ1) is 27.3. The fourth-order valence-electron chi connectivity index (χ4n) is 5.27. The molecule has 3 aromatic rings. The monoisotopic (exact) mass is 509 g/mol. The number of carbonyl (C=O) groups is 2. The Kier molecular flexibility index (Phi) is 9.50. The van der Waals surface area contributed by atoms with E-state index in [4.69, 9.17) is 0 Å². The van der Waals surface area contributed by atoms with Crippen molar-refractivity contribution in [1.82, 2.24) is 10.2 Å². The van der Waals surface area contributed by atoms with Crippen molar-refractivity contribution < 1.29 is 9.59 Å². The topological polar surface area (TPSA) is 61.4 Å². The number of anilines is 1. The smallest absolute Gasteiger partial charge is 0.253 e. The Morgan fingerprint density at radius 1 is 0.816 bits per heavy atom. The zero-order chi connectivity index (χ0) is 26.9. The molecule has 1 aliphatic rings. The van der Waals surface area contributed by atoms with Gasteiger partial charge in [0.2, 0.25) is 5.91 Å². The average molecular weight is 510 g/mol. The number of carbonyl (C=O) groups excluding carboxylic acids is 2. The first-order chi connectivity index (χ1) is 18.5. The zero-order valence-corrected chi connectivity index (χ0v) is 22.8. The molecule has 2 N–H and O–H groups in total. The highest BCUT2D eigenvalue weighted by Gasteiger charge is 2.20. The van der Waals surface area contributed by atoms with Crippen molar-refractivity contribution in [2.75, 3.05) is 31.5 Å². The fourth-order valence-corrected chi connectivity index (χ4v) is 5.27. The van der Waals surface area contributed by atoms with Gasteiger partial charge in [-0.15, -0.1) is 0 Å². The number of amides is 2. The first-order valence-electron chi connectivity index (χ1n) is 13.8. The highest BCUT2D eigenvalue weighted by Crippen LogP contribution is 2.33. The molecule has 0 unspecified atom stereocenters. The van der Waals surface area contributed by atoms with Crippen molar-refractivity contribution in [2.45, 2.75) is 46.0 Å². The quantitative estimate of drug-likeness (QED) is 0.347. The van der Waals surface area contributed by atoms with Crippen LogP contribution >= 0.6 is 0 Å². The van der Waals surface area contributed by atoms with Gasteiger partial charge in [-0.2, -0.15) is 0 Å². The van der Waals surface area contributed by atoms with Crippen LogP contribution in [0.25, 0.3) is 5.57 Å². The molecule has 0 spiro atoms. The highest BCUT2D eigenvalue weighted by molar-refractivity contribution is 5.97. The summed E-state index contributed by atoms with van der Waals surface area (Å²) < 4.78 is 0. The first-order valence-corrected chi connectivity index (χ1v) is 13.8. The Morgan fingerprint density at radius 2 is 1.47 bits per heavy atom. The minimum atomic E-state index is -0.196. The van der Waals surface area contributed by atoms with Gasteiger partial charge in [0.15, 0.2) is 0 Å². The maximum atomic E-state index is 13.2. The predicted octanol–water partition coefficient (Wildman–Crippen LogP) is 6.49. The lowest BCUT2D eigenvalue weighted by molar-refractivity contribution is -0.117. The number of nitrogens with one attached hydrogen (secondary N) is 2. The van der Waals surface area contributed by atoms with Crippen molar-refractivity contribution in [1.29, 1.82) is 0 Å². The SMILES string of the molecule is CC[C@@H](C(=O)Nc1cccc(C(=C2CCNCC2)c2ccc(C(=O)N(CC)CC)cc2)c1)c1ccccc1. The summed E-state index contributed by atoms with van der Waals surface area (Å²) in [6.45, 7) is 9.34. The molecule has 0 saturated carbocycles. The van der Waals surface area contributed by atoms with Crippen LogP contribution in [0.4, 0.5) is 5.69 Å². The molecule has 198 valence electrons. The van der Waals surface area contributed by atoms with Crippen LogP contribution in [0.15, 0.2) is 84.4 Å². The number of hydrogen-bond acceptors (Lipinski definition) is 3. The molecule has 2 amide bonds. The van der Waals surface area contributed by atoms with E-state index in [0.717, 1.165) is 54.7 Å². The van der Waals surface area contributed by atoms with E-state index in [-0.39, 0.29) is 17.7 Å². The molecule has 3 aromatic carbocycles. The largest absolute Gasteiger partial charge is 0.339 e. The fraction of sp³-hybridized carbons (Fsp3) is 0.333. The van der Waals surface area contributed by atoms with E-state index in [9.17, 15) is 9.59 Å². The lowest BCUT2D eigenvalue weighted by Crippen LogP contribution is -2.30. The summed E-state index contributed by atoms with van der Waals surface area (Å²) in [5.74, 6) is -0.129. The van der Waals surface area contributed by atoms with E-state index in [1.54, 1.807) is 0 Å². The lowest BCUT2D eigenvalue weighted by Gasteiger charge is -2.22.